The molecule has 7 heteroatoms. The fourth-order valence-electron chi connectivity index (χ4n) is 3.91. The van der Waals surface area contributed by atoms with Gasteiger partial charge in [-0.2, -0.15) is 0 Å². The molecular formula is C22H22N2O5. The highest BCUT2D eigenvalue weighted by molar-refractivity contribution is 6.08. The quantitative estimate of drug-likeness (QED) is 0.688. The lowest BCUT2D eigenvalue weighted by Crippen LogP contribution is -2.46. The van der Waals surface area contributed by atoms with Crippen LogP contribution >= 0.6 is 0 Å². The zero-order valence-corrected chi connectivity index (χ0v) is 16.3. The fraction of sp³-hybridized carbons (Fsp3) is 0.318. The van der Waals surface area contributed by atoms with Gasteiger partial charge in [-0.25, -0.2) is 4.79 Å². The summed E-state index contributed by atoms with van der Waals surface area (Å²) >= 11 is 0. The van der Waals surface area contributed by atoms with E-state index in [-0.39, 0.29) is 24.3 Å². The maximum Gasteiger partial charge on any atom is 0.328 e. The van der Waals surface area contributed by atoms with E-state index in [0.29, 0.717) is 24.1 Å². The van der Waals surface area contributed by atoms with Gasteiger partial charge in [0.05, 0.1) is 13.7 Å². The number of nitrogens with one attached hydrogen (secondary N) is 1. The molecule has 3 aromatic rings. The van der Waals surface area contributed by atoms with Crippen LogP contribution in [-0.4, -0.2) is 48.9 Å². The van der Waals surface area contributed by atoms with Crippen molar-refractivity contribution in [3.8, 4) is 0 Å². The van der Waals surface area contributed by atoms with Crippen LogP contribution in [0.4, 0.5) is 0 Å². The van der Waals surface area contributed by atoms with Gasteiger partial charge >= 0.3 is 5.97 Å². The number of hydrogen-bond acceptors (Lipinski definition) is 5. The molecule has 1 aromatic heterocycles. The van der Waals surface area contributed by atoms with Crippen LogP contribution in [0.1, 0.15) is 23.7 Å². The molecule has 1 saturated heterocycles. The van der Waals surface area contributed by atoms with E-state index in [9.17, 15) is 14.4 Å². The molecule has 2 heterocycles. The summed E-state index contributed by atoms with van der Waals surface area (Å²) in [6.07, 6.45) is 0.566. The van der Waals surface area contributed by atoms with Gasteiger partial charge < -0.3 is 19.4 Å². The first-order valence-electron chi connectivity index (χ1n) is 9.54. The molecule has 1 fully saturated rings. The van der Waals surface area contributed by atoms with Gasteiger partial charge in [-0.1, -0.05) is 25.1 Å². The highest BCUT2D eigenvalue weighted by Crippen LogP contribution is 2.29. The molecule has 2 aromatic carbocycles. The number of benzene rings is 2. The molecule has 0 spiro atoms. The van der Waals surface area contributed by atoms with Crippen molar-refractivity contribution in [3.05, 3.63) is 48.0 Å². The second kappa shape index (κ2) is 7.58. The second-order valence-electron chi connectivity index (χ2n) is 7.42. The summed E-state index contributed by atoms with van der Waals surface area (Å²) in [7, 11) is 1.31. The molecule has 0 bridgehead atoms. The monoisotopic (exact) mass is 394 g/mol. The minimum Gasteiger partial charge on any atom is -0.467 e. The van der Waals surface area contributed by atoms with Crippen molar-refractivity contribution in [2.45, 2.75) is 19.4 Å². The van der Waals surface area contributed by atoms with Gasteiger partial charge in [0.1, 0.15) is 17.2 Å². The number of nitrogens with zero attached hydrogens (tertiary/aromatic N) is 1. The van der Waals surface area contributed by atoms with Crippen LogP contribution in [0, 0.1) is 5.92 Å². The Morgan fingerprint density at radius 2 is 1.90 bits per heavy atom. The summed E-state index contributed by atoms with van der Waals surface area (Å²) in [5.41, 5.74) is 1.90. The third kappa shape index (κ3) is 3.55. The lowest BCUT2D eigenvalue weighted by Gasteiger charge is -2.22. The van der Waals surface area contributed by atoms with Crippen molar-refractivity contribution in [1.82, 2.24) is 10.2 Å². The Morgan fingerprint density at radius 1 is 1.14 bits per heavy atom. The zero-order chi connectivity index (χ0) is 20.5. The maximum absolute atomic E-state index is 12.6. The third-order valence-electron chi connectivity index (χ3n) is 5.34. The van der Waals surface area contributed by atoms with Gasteiger partial charge in [-0.15, -0.1) is 0 Å². The molecule has 0 unspecified atom stereocenters. The van der Waals surface area contributed by atoms with Crippen molar-refractivity contribution < 1.29 is 23.5 Å². The summed E-state index contributed by atoms with van der Waals surface area (Å²) in [5.74, 6) is -0.873. The minimum absolute atomic E-state index is 0.177. The molecule has 150 valence electrons. The average Bonchev–Trinajstić information content (AvgIpc) is 3.31. The van der Waals surface area contributed by atoms with Gasteiger partial charge in [0.15, 0.2) is 0 Å². The van der Waals surface area contributed by atoms with Gasteiger partial charge in [0.25, 0.3) is 5.91 Å². The maximum atomic E-state index is 12.6. The molecule has 29 heavy (non-hydrogen) atoms. The second-order valence-corrected chi connectivity index (χ2v) is 7.42. The lowest BCUT2D eigenvalue weighted by molar-refractivity contribution is -0.150. The van der Waals surface area contributed by atoms with Crippen LogP contribution in [0.15, 0.2) is 46.9 Å². The SMILES string of the molecule is COC(=O)[C@@H]1C[C@H](C)CN1C(=O)CNC(=O)c1ccc2oc3ccccc3c2c1. The molecule has 2 atom stereocenters. The highest BCUT2D eigenvalue weighted by Gasteiger charge is 2.38. The molecule has 0 radical (unpaired) electrons. The first-order chi connectivity index (χ1) is 14.0. The van der Waals surface area contributed by atoms with E-state index in [0.717, 1.165) is 16.4 Å². The molecule has 1 N–H and O–H groups in total. The molecule has 1 aliphatic rings. The lowest BCUT2D eigenvalue weighted by atomic mass is 10.1. The van der Waals surface area contributed by atoms with Crippen LogP contribution in [-0.2, 0) is 14.3 Å². The van der Waals surface area contributed by atoms with Crippen molar-refractivity contribution in [2.75, 3.05) is 20.2 Å². The topological polar surface area (TPSA) is 88.9 Å². The first kappa shape index (κ1) is 19.0. The van der Waals surface area contributed by atoms with Crippen molar-refractivity contribution in [1.29, 1.82) is 0 Å². The Balaban J connectivity index is 1.47. The number of esters is 1. The molecule has 4 rings (SSSR count). The molecule has 2 amide bonds. The van der Waals surface area contributed by atoms with E-state index in [2.05, 4.69) is 5.32 Å². The Labute approximate surface area is 167 Å². The van der Waals surface area contributed by atoms with Crippen LogP contribution < -0.4 is 5.32 Å². The van der Waals surface area contributed by atoms with Gasteiger partial charge in [0, 0.05) is 22.9 Å². The number of hydrogen-bond donors (Lipinski definition) is 1. The zero-order valence-electron chi connectivity index (χ0n) is 16.3. The Kier molecular flexibility index (Phi) is 4.96. The molecule has 0 saturated carbocycles. The number of fused-ring (bicyclic) bond motifs is 3. The molecular weight excluding hydrogens is 372 g/mol. The van der Waals surface area contributed by atoms with E-state index in [1.54, 1.807) is 18.2 Å². The molecule has 7 nitrogen and oxygen atoms in total. The van der Waals surface area contributed by atoms with E-state index in [1.807, 2.05) is 31.2 Å². The van der Waals surface area contributed by atoms with Gasteiger partial charge in [-0.3, -0.25) is 9.59 Å². The number of carbonyl (C=O) groups excluding carboxylic acids is 3. The summed E-state index contributed by atoms with van der Waals surface area (Å²) in [5, 5.41) is 4.44. The molecule has 0 aliphatic carbocycles. The van der Waals surface area contributed by atoms with Crippen LogP contribution in [0.3, 0.4) is 0 Å². The van der Waals surface area contributed by atoms with E-state index in [4.69, 9.17) is 9.15 Å². The number of carbonyl (C=O) groups is 3. The third-order valence-corrected chi connectivity index (χ3v) is 5.34. The smallest absolute Gasteiger partial charge is 0.328 e. The number of ether oxygens (including phenoxy) is 1. The number of rotatable bonds is 4. The Bertz CT molecular complexity index is 1100. The van der Waals surface area contributed by atoms with E-state index < -0.39 is 12.0 Å². The Hall–Kier alpha value is -3.35. The van der Waals surface area contributed by atoms with Crippen molar-refractivity contribution >= 4 is 39.7 Å². The van der Waals surface area contributed by atoms with E-state index in [1.165, 1.54) is 12.0 Å². The largest absolute Gasteiger partial charge is 0.467 e. The number of furan rings is 1. The summed E-state index contributed by atoms with van der Waals surface area (Å²) in [6, 6.07) is 12.2. The summed E-state index contributed by atoms with van der Waals surface area (Å²) < 4.78 is 10.6. The first-order valence-corrected chi connectivity index (χ1v) is 9.54. The van der Waals surface area contributed by atoms with Gasteiger partial charge in [-0.05, 0) is 36.6 Å². The molecule has 1 aliphatic heterocycles. The summed E-state index contributed by atoms with van der Waals surface area (Å²) in [6.45, 7) is 2.27. The predicted molar refractivity (Wildman–Crippen MR) is 107 cm³/mol. The van der Waals surface area contributed by atoms with Crippen LogP contribution in [0.25, 0.3) is 21.9 Å². The van der Waals surface area contributed by atoms with Crippen LogP contribution in [0.2, 0.25) is 0 Å². The van der Waals surface area contributed by atoms with E-state index >= 15 is 0 Å². The van der Waals surface area contributed by atoms with Gasteiger partial charge in [0.2, 0.25) is 5.91 Å². The van der Waals surface area contributed by atoms with Crippen molar-refractivity contribution in [3.63, 3.8) is 0 Å². The average molecular weight is 394 g/mol. The predicted octanol–water partition coefficient (Wildman–Crippen LogP) is 2.73. The standard InChI is InChI=1S/C22H22N2O5/c1-13-9-17(22(27)28-2)24(12-13)20(25)11-23-21(26)14-7-8-19-16(10-14)15-5-3-4-6-18(15)29-19/h3-8,10,13,17H,9,11-12H2,1-2H3,(H,23,26)/t13-,17-/m0/s1. The fourth-order valence-corrected chi connectivity index (χ4v) is 3.91. The Morgan fingerprint density at radius 3 is 2.69 bits per heavy atom. The van der Waals surface area contributed by atoms with Crippen LogP contribution in [0.5, 0.6) is 0 Å². The highest BCUT2D eigenvalue weighted by atomic mass is 16.5. The normalized spacial score (nSPS) is 18.9. The number of para-hydroxylation sites is 1. The number of likely N-dealkylation sites (tertiary alicyclic amines) is 1. The number of methoxy groups -OCH3 is 1. The number of amides is 2. The van der Waals surface area contributed by atoms with Crippen molar-refractivity contribution in [2.24, 2.45) is 5.92 Å². The summed E-state index contributed by atoms with van der Waals surface area (Å²) in [4.78, 5) is 38.6. The minimum atomic E-state index is -0.590.